The Morgan fingerprint density at radius 2 is 1.96 bits per heavy atom. The minimum absolute atomic E-state index is 0.181. The van der Waals surface area contributed by atoms with Gasteiger partial charge in [0.15, 0.2) is 0 Å². The van der Waals surface area contributed by atoms with Crippen molar-refractivity contribution in [3.8, 4) is 5.75 Å². The van der Waals surface area contributed by atoms with Crippen LogP contribution in [-0.4, -0.2) is 18.2 Å². The third kappa shape index (κ3) is 2.59. The highest BCUT2D eigenvalue weighted by Gasteiger charge is 2.54. The molecule has 2 saturated carbocycles. The fourth-order valence-electron chi connectivity index (χ4n) is 5.88. The Labute approximate surface area is 167 Å². The van der Waals surface area contributed by atoms with Crippen LogP contribution in [0.3, 0.4) is 0 Å². The van der Waals surface area contributed by atoms with Crippen LogP contribution >= 0.6 is 15.9 Å². The molecular weight excluding hydrogens is 406 g/mol. The summed E-state index contributed by atoms with van der Waals surface area (Å²) in [7, 11) is 1.72. The Kier molecular flexibility index (Phi) is 3.97. The molecule has 5 rings (SSSR count). The van der Waals surface area contributed by atoms with Crippen molar-refractivity contribution < 1.29 is 14.6 Å². The van der Waals surface area contributed by atoms with Gasteiger partial charge < -0.3 is 15.2 Å². The van der Waals surface area contributed by atoms with Crippen molar-refractivity contribution in [1.29, 1.82) is 0 Å². The molecule has 2 N–H and O–H groups in total. The molecule has 2 aliphatic carbocycles. The van der Waals surface area contributed by atoms with Gasteiger partial charge in [0.05, 0.1) is 18.7 Å². The van der Waals surface area contributed by atoms with Gasteiger partial charge in [-0.3, -0.25) is 0 Å². The highest BCUT2D eigenvalue weighted by molar-refractivity contribution is 9.10. The molecule has 0 amide bonds. The third-order valence-corrected chi connectivity index (χ3v) is 7.35. The average Bonchev–Trinajstić information content (AvgIpc) is 3.29. The van der Waals surface area contributed by atoms with Gasteiger partial charge >= 0.3 is 5.97 Å². The fraction of sp³-hybridized carbons (Fsp3) is 0.409. The van der Waals surface area contributed by atoms with Crippen LogP contribution in [0.2, 0.25) is 0 Å². The second-order valence-electron chi connectivity index (χ2n) is 8.05. The van der Waals surface area contributed by atoms with Crippen LogP contribution in [-0.2, 0) is 0 Å². The van der Waals surface area contributed by atoms with E-state index >= 15 is 0 Å². The van der Waals surface area contributed by atoms with E-state index in [-0.39, 0.29) is 6.04 Å². The standard InChI is InChI=1S/C22H22BrNO3/c1-27-18-7-5-14(23)10-16(18)21-20-12-3-2-11(8-12)19(20)15-9-13(22(25)26)4-6-17(15)24-21/h4-7,9-12,19-21,24H,2-3,8H2,1H3,(H,25,26)/t11-,12+,19-,20+,21+/m1/s1. The minimum Gasteiger partial charge on any atom is -0.496 e. The summed E-state index contributed by atoms with van der Waals surface area (Å²) in [5, 5.41) is 13.2. The van der Waals surface area contributed by atoms with Crippen LogP contribution < -0.4 is 10.1 Å². The summed E-state index contributed by atoms with van der Waals surface area (Å²) in [5.41, 5.74) is 3.83. The quantitative estimate of drug-likeness (QED) is 0.683. The third-order valence-electron chi connectivity index (χ3n) is 6.86. The number of hydrogen-bond donors (Lipinski definition) is 2. The predicted octanol–water partition coefficient (Wildman–Crippen LogP) is 5.45. The van der Waals surface area contributed by atoms with E-state index < -0.39 is 5.97 Å². The van der Waals surface area contributed by atoms with Crippen LogP contribution in [0.15, 0.2) is 40.9 Å². The van der Waals surface area contributed by atoms with Crippen molar-refractivity contribution in [2.24, 2.45) is 17.8 Å². The molecule has 3 aliphatic rings. The molecule has 0 saturated heterocycles. The predicted molar refractivity (Wildman–Crippen MR) is 108 cm³/mol. The normalized spacial score (nSPS) is 30.4. The topological polar surface area (TPSA) is 58.6 Å². The van der Waals surface area contributed by atoms with E-state index in [0.29, 0.717) is 29.2 Å². The molecular formula is C22H22BrNO3. The molecule has 2 fully saturated rings. The summed E-state index contributed by atoms with van der Waals surface area (Å²) in [6.07, 6.45) is 3.78. The Morgan fingerprint density at radius 1 is 1.15 bits per heavy atom. The lowest BCUT2D eigenvalue weighted by atomic mass is 9.67. The van der Waals surface area contributed by atoms with E-state index in [4.69, 9.17) is 4.74 Å². The summed E-state index contributed by atoms with van der Waals surface area (Å²) in [6, 6.07) is 11.9. The van der Waals surface area contributed by atoms with Crippen LogP contribution in [0.4, 0.5) is 5.69 Å². The van der Waals surface area contributed by atoms with Crippen molar-refractivity contribution in [3.63, 3.8) is 0 Å². The van der Waals surface area contributed by atoms with Gasteiger partial charge in [0, 0.05) is 15.7 Å². The number of rotatable bonds is 3. The smallest absolute Gasteiger partial charge is 0.335 e. The summed E-state index contributed by atoms with van der Waals surface area (Å²) in [4.78, 5) is 11.5. The number of carboxylic acid groups (broad SMARTS) is 1. The number of carboxylic acids is 1. The maximum absolute atomic E-state index is 11.5. The first kappa shape index (κ1) is 17.1. The molecule has 1 aliphatic heterocycles. The highest BCUT2D eigenvalue weighted by Crippen LogP contribution is 2.64. The second-order valence-corrected chi connectivity index (χ2v) is 8.97. The van der Waals surface area contributed by atoms with Crippen molar-refractivity contribution in [1.82, 2.24) is 0 Å². The first-order valence-corrected chi connectivity index (χ1v) is 10.3. The molecule has 0 aromatic heterocycles. The van der Waals surface area contributed by atoms with Gasteiger partial charge in [-0.25, -0.2) is 4.79 Å². The molecule has 1 heterocycles. The summed E-state index contributed by atoms with van der Waals surface area (Å²) >= 11 is 3.61. The lowest BCUT2D eigenvalue weighted by molar-refractivity contribution is 0.0696. The molecule has 2 aromatic rings. The molecule has 2 aromatic carbocycles. The second kappa shape index (κ2) is 6.26. The van der Waals surface area contributed by atoms with E-state index in [0.717, 1.165) is 15.9 Å². The van der Waals surface area contributed by atoms with E-state index in [9.17, 15) is 9.90 Å². The van der Waals surface area contributed by atoms with Crippen molar-refractivity contribution in [3.05, 3.63) is 57.6 Å². The van der Waals surface area contributed by atoms with Gasteiger partial charge in [-0.1, -0.05) is 15.9 Å². The Morgan fingerprint density at radius 3 is 2.74 bits per heavy atom. The molecule has 5 heteroatoms. The number of halogens is 1. The maximum Gasteiger partial charge on any atom is 0.335 e. The van der Waals surface area contributed by atoms with E-state index in [2.05, 4.69) is 27.3 Å². The van der Waals surface area contributed by atoms with E-state index in [1.165, 1.54) is 30.4 Å². The summed E-state index contributed by atoms with van der Waals surface area (Å²) < 4.78 is 6.73. The number of benzene rings is 2. The van der Waals surface area contributed by atoms with Crippen molar-refractivity contribution >= 4 is 27.6 Å². The number of ether oxygens (including phenoxy) is 1. The Balaban J connectivity index is 1.65. The molecule has 5 atom stereocenters. The van der Waals surface area contributed by atoms with Gasteiger partial charge in [-0.2, -0.15) is 0 Å². The number of aromatic carboxylic acids is 1. The number of methoxy groups -OCH3 is 1. The number of anilines is 1. The SMILES string of the molecule is COc1ccc(Br)cc1[C@@H]1Nc2ccc(C(=O)O)cc2[C@H]2[C@@H]3CC[C@@H](C3)[C@@H]21. The lowest BCUT2D eigenvalue weighted by Crippen LogP contribution is -2.35. The molecule has 0 radical (unpaired) electrons. The molecule has 2 bridgehead atoms. The lowest BCUT2D eigenvalue weighted by Gasteiger charge is -2.44. The molecule has 0 unspecified atom stereocenters. The Bertz CT molecular complexity index is 928. The summed E-state index contributed by atoms with van der Waals surface area (Å²) in [6.45, 7) is 0. The zero-order valence-electron chi connectivity index (χ0n) is 15.1. The molecule has 4 nitrogen and oxygen atoms in total. The van der Waals surface area contributed by atoms with Gasteiger partial charge in [0.2, 0.25) is 0 Å². The van der Waals surface area contributed by atoms with E-state index in [1.54, 1.807) is 13.2 Å². The van der Waals surface area contributed by atoms with Crippen LogP contribution in [0, 0.1) is 17.8 Å². The largest absolute Gasteiger partial charge is 0.496 e. The number of hydrogen-bond acceptors (Lipinski definition) is 3. The van der Waals surface area contributed by atoms with Gasteiger partial charge in [-0.15, -0.1) is 0 Å². The number of fused-ring (bicyclic) bond motifs is 7. The van der Waals surface area contributed by atoms with Crippen LogP contribution in [0.25, 0.3) is 0 Å². The first-order chi connectivity index (χ1) is 13.1. The number of nitrogens with one attached hydrogen (secondary N) is 1. The average molecular weight is 428 g/mol. The molecule has 140 valence electrons. The van der Waals surface area contributed by atoms with Gasteiger partial charge in [0.25, 0.3) is 0 Å². The fourth-order valence-corrected chi connectivity index (χ4v) is 6.26. The van der Waals surface area contributed by atoms with Gasteiger partial charge in [-0.05, 0) is 84.9 Å². The van der Waals surface area contributed by atoms with Crippen LogP contribution in [0.1, 0.15) is 52.7 Å². The highest BCUT2D eigenvalue weighted by atomic mass is 79.9. The van der Waals surface area contributed by atoms with Crippen molar-refractivity contribution in [2.75, 3.05) is 12.4 Å². The Hall–Kier alpha value is -2.01. The van der Waals surface area contributed by atoms with E-state index in [1.807, 2.05) is 24.3 Å². The minimum atomic E-state index is -0.853. The number of carbonyl (C=O) groups is 1. The monoisotopic (exact) mass is 427 g/mol. The van der Waals surface area contributed by atoms with Crippen LogP contribution in [0.5, 0.6) is 5.75 Å². The molecule has 27 heavy (non-hydrogen) atoms. The summed E-state index contributed by atoms with van der Waals surface area (Å²) in [5.74, 6) is 2.29. The maximum atomic E-state index is 11.5. The van der Waals surface area contributed by atoms with Crippen molar-refractivity contribution in [2.45, 2.75) is 31.2 Å². The molecule has 0 spiro atoms. The first-order valence-electron chi connectivity index (χ1n) is 9.54. The zero-order valence-corrected chi connectivity index (χ0v) is 16.7. The zero-order chi connectivity index (χ0) is 18.7. The van der Waals surface area contributed by atoms with Gasteiger partial charge in [0.1, 0.15) is 5.75 Å².